The fourth-order valence-corrected chi connectivity index (χ4v) is 5.54. The Balaban J connectivity index is 0.00000784. The highest BCUT2D eigenvalue weighted by Gasteiger charge is 2.23. The molecule has 10 heteroatoms. The van der Waals surface area contributed by atoms with E-state index in [1.165, 1.54) is 15.6 Å². The number of nitrogens with one attached hydrogen (secondary N) is 2. The molecule has 0 bridgehead atoms. The molecule has 2 N–H and O–H groups in total. The molecule has 0 radical (unpaired) electrons. The molecule has 0 aliphatic rings. The topological polar surface area (TPSA) is 83.0 Å². The zero-order valence-electron chi connectivity index (χ0n) is 18.1. The first-order chi connectivity index (χ1) is 13.5. The standard InChI is InChI=1S/C19H36N4O3S2.HI/c1-5-8-15-26-16-9-13-21-19(20-4)22-14-12-17-10-11-18(27-17)28(24,25)23(6-2)7-3;/h10-11H,5-9,12-16H2,1-4H3,(H2,20,21,22);1H. The van der Waals surface area contributed by atoms with Crippen molar-refractivity contribution in [3.63, 3.8) is 0 Å². The van der Waals surface area contributed by atoms with Gasteiger partial charge in [-0.2, -0.15) is 4.31 Å². The van der Waals surface area contributed by atoms with E-state index in [2.05, 4.69) is 22.5 Å². The van der Waals surface area contributed by atoms with E-state index in [9.17, 15) is 8.42 Å². The van der Waals surface area contributed by atoms with Crippen LogP contribution in [0, 0.1) is 0 Å². The molecule has 0 amide bonds. The van der Waals surface area contributed by atoms with E-state index < -0.39 is 10.0 Å². The van der Waals surface area contributed by atoms with Crippen LogP contribution in [0.4, 0.5) is 0 Å². The summed E-state index contributed by atoms with van der Waals surface area (Å²) >= 11 is 1.34. The number of thiophene rings is 1. The van der Waals surface area contributed by atoms with Crippen molar-refractivity contribution in [3.05, 3.63) is 17.0 Å². The maximum atomic E-state index is 12.5. The Morgan fingerprint density at radius 3 is 2.38 bits per heavy atom. The number of unbranched alkanes of at least 4 members (excludes halogenated alkanes) is 1. The average molecular weight is 561 g/mol. The lowest BCUT2D eigenvalue weighted by Gasteiger charge is -2.16. The molecule has 0 fully saturated rings. The highest BCUT2D eigenvalue weighted by molar-refractivity contribution is 14.0. The lowest BCUT2D eigenvalue weighted by atomic mass is 10.3. The summed E-state index contributed by atoms with van der Waals surface area (Å²) in [6.45, 7) is 9.92. The molecule has 0 atom stereocenters. The van der Waals surface area contributed by atoms with Crippen LogP contribution in [0.1, 0.15) is 44.9 Å². The SMILES string of the molecule is CCCCOCCCNC(=NC)NCCc1ccc(S(=O)(=O)N(CC)CC)s1.I. The highest BCUT2D eigenvalue weighted by Crippen LogP contribution is 2.25. The quantitative estimate of drug-likeness (QED) is 0.158. The van der Waals surface area contributed by atoms with Crippen LogP contribution in [0.2, 0.25) is 0 Å². The number of aliphatic imine (C=N–C) groups is 1. The molecule has 1 rings (SSSR count). The minimum absolute atomic E-state index is 0. The van der Waals surface area contributed by atoms with Gasteiger partial charge in [-0.3, -0.25) is 4.99 Å². The maximum absolute atomic E-state index is 12.5. The van der Waals surface area contributed by atoms with E-state index in [1.54, 1.807) is 13.1 Å². The molecule has 170 valence electrons. The molecule has 0 saturated carbocycles. The number of hydrogen-bond acceptors (Lipinski definition) is 5. The van der Waals surface area contributed by atoms with Gasteiger partial charge >= 0.3 is 0 Å². The second kappa shape index (κ2) is 16.3. The van der Waals surface area contributed by atoms with Gasteiger partial charge in [-0.05, 0) is 31.4 Å². The fourth-order valence-electron chi connectivity index (χ4n) is 2.58. The van der Waals surface area contributed by atoms with Crippen LogP contribution in [0.3, 0.4) is 0 Å². The van der Waals surface area contributed by atoms with Gasteiger partial charge in [0.25, 0.3) is 10.0 Å². The van der Waals surface area contributed by atoms with Crippen molar-refractivity contribution in [2.75, 3.05) is 46.4 Å². The van der Waals surface area contributed by atoms with Crippen molar-refractivity contribution < 1.29 is 13.2 Å². The van der Waals surface area contributed by atoms with E-state index in [1.807, 2.05) is 19.9 Å². The van der Waals surface area contributed by atoms with Crippen molar-refractivity contribution in [2.45, 2.75) is 50.7 Å². The van der Waals surface area contributed by atoms with Crippen molar-refractivity contribution in [3.8, 4) is 0 Å². The minimum Gasteiger partial charge on any atom is -0.381 e. The van der Waals surface area contributed by atoms with Crippen LogP contribution in [-0.4, -0.2) is 65.1 Å². The number of sulfonamides is 1. The molecule has 0 spiro atoms. The summed E-state index contributed by atoms with van der Waals surface area (Å²) in [5.41, 5.74) is 0. The number of nitrogens with zero attached hydrogens (tertiary/aromatic N) is 2. The number of guanidine groups is 1. The predicted octanol–water partition coefficient (Wildman–Crippen LogP) is 3.31. The van der Waals surface area contributed by atoms with Crippen LogP contribution in [0.15, 0.2) is 21.3 Å². The van der Waals surface area contributed by atoms with E-state index in [-0.39, 0.29) is 24.0 Å². The summed E-state index contributed by atoms with van der Waals surface area (Å²) in [7, 11) is -1.62. The molecule has 1 aromatic rings. The second-order valence-corrected chi connectivity index (χ2v) is 9.64. The molecule has 29 heavy (non-hydrogen) atoms. The molecule has 0 aliphatic carbocycles. The van der Waals surface area contributed by atoms with E-state index in [0.717, 1.165) is 56.3 Å². The van der Waals surface area contributed by atoms with Gasteiger partial charge in [-0.1, -0.05) is 27.2 Å². The molecule has 7 nitrogen and oxygen atoms in total. The van der Waals surface area contributed by atoms with Crippen molar-refractivity contribution in [2.24, 2.45) is 4.99 Å². The summed E-state index contributed by atoms with van der Waals surface area (Å²) in [6, 6.07) is 3.60. The van der Waals surface area contributed by atoms with Crippen LogP contribution in [0.25, 0.3) is 0 Å². The lowest BCUT2D eigenvalue weighted by Crippen LogP contribution is -2.38. The number of ether oxygens (including phenoxy) is 1. The van der Waals surface area contributed by atoms with Gasteiger partial charge in [0.05, 0.1) is 0 Å². The third-order valence-electron chi connectivity index (χ3n) is 4.22. The summed E-state index contributed by atoms with van der Waals surface area (Å²) in [6.07, 6.45) is 3.94. The van der Waals surface area contributed by atoms with Crippen molar-refractivity contribution >= 4 is 51.3 Å². The van der Waals surface area contributed by atoms with Gasteiger partial charge in [-0.15, -0.1) is 35.3 Å². The van der Waals surface area contributed by atoms with Crippen LogP contribution < -0.4 is 10.6 Å². The van der Waals surface area contributed by atoms with Crippen molar-refractivity contribution in [1.82, 2.24) is 14.9 Å². The van der Waals surface area contributed by atoms with Gasteiger partial charge < -0.3 is 15.4 Å². The molecule has 1 aromatic heterocycles. The molecule has 0 aromatic carbocycles. The molecule has 0 saturated heterocycles. The molecule has 0 unspecified atom stereocenters. The molecule has 0 aliphatic heterocycles. The zero-order valence-corrected chi connectivity index (χ0v) is 22.0. The molecule has 1 heterocycles. The Hall–Kier alpha value is -0.430. The Morgan fingerprint density at radius 2 is 1.76 bits per heavy atom. The molecular weight excluding hydrogens is 523 g/mol. The summed E-state index contributed by atoms with van der Waals surface area (Å²) < 4.78 is 32.5. The largest absolute Gasteiger partial charge is 0.381 e. The fraction of sp³-hybridized carbons (Fsp3) is 0.737. The Morgan fingerprint density at radius 1 is 1.10 bits per heavy atom. The summed E-state index contributed by atoms with van der Waals surface area (Å²) in [5, 5.41) is 6.53. The van der Waals surface area contributed by atoms with Crippen LogP contribution in [-0.2, 0) is 21.2 Å². The van der Waals surface area contributed by atoms with Gasteiger partial charge in [0.1, 0.15) is 4.21 Å². The van der Waals surface area contributed by atoms with Gasteiger partial charge in [0.15, 0.2) is 5.96 Å². The van der Waals surface area contributed by atoms with Gasteiger partial charge in [0, 0.05) is 51.3 Å². The normalized spacial score (nSPS) is 12.1. The lowest BCUT2D eigenvalue weighted by molar-refractivity contribution is 0.129. The van der Waals surface area contributed by atoms with E-state index >= 15 is 0 Å². The highest BCUT2D eigenvalue weighted by atomic mass is 127. The Labute approximate surface area is 197 Å². The number of halogens is 1. The first kappa shape index (κ1) is 28.6. The summed E-state index contributed by atoms with van der Waals surface area (Å²) in [5.74, 6) is 0.751. The van der Waals surface area contributed by atoms with Crippen LogP contribution in [0.5, 0.6) is 0 Å². The third kappa shape index (κ3) is 10.4. The van der Waals surface area contributed by atoms with Crippen molar-refractivity contribution in [1.29, 1.82) is 0 Å². The van der Waals surface area contributed by atoms with E-state index in [0.29, 0.717) is 23.8 Å². The summed E-state index contributed by atoms with van der Waals surface area (Å²) in [4.78, 5) is 5.25. The first-order valence-corrected chi connectivity index (χ1v) is 12.4. The number of rotatable bonds is 14. The first-order valence-electron chi connectivity index (χ1n) is 10.1. The Kier molecular flexibility index (Phi) is 16.0. The monoisotopic (exact) mass is 560 g/mol. The smallest absolute Gasteiger partial charge is 0.252 e. The van der Waals surface area contributed by atoms with Crippen LogP contribution >= 0.6 is 35.3 Å². The predicted molar refractivity (Wildman–Crippen MR) is 133 cm³/mol. The number of hydrogen-bond donors (Lipinski definition) is 2. The van der Waals surface area contributed by atoms with E-state index in [4.69, 9.17) is 4.74 Å². The van der Waals surface area contributed by atoms with Gasteiger partial charge in [-0.25, -0.2) is 8.42 Å². The average Bonchev–Trinajstić information content (AvgIpc) is 3.16. The molecular formula is C19H37IN4O3S2. The third-order valence-corrected chi connectivity index (χ3v) is 7.89. The minimum atomic E-state index is -3.37. The van der Waals surface area contributed by atoms with Gasteiger partial charge in [0.2, 0.25) is 0 Å². The Bertz CT molecular complexity index is 677. The maximum Gasteiger partial charge on any atom is 0.252 e. The second-order valence-electron chi connectivity index (χ2n) is 6.31. The zero-order chi connectivity index (χ0) is 20.8.